The van der Waals surface area contributed by atoms with Crippen LogP contribution in [0.4, 0.5) is 0 Å². The summed E-state index contributed by atoms with van der Waals surface area (Å²) in [6, 6.07) is 19.7. The van der Waals surface area contributed by atoms with Gasteiger partial charge in [-0.15, -0.1) is 0 Å². The molecule has 0 N–H and O–H groups in total. The average molecular weight is 340 g/mol. The van der Waals surface area contributed by atoms with Gasteiger partial charge in [-0.3, -0.25) is 4.98 Å². The SMILES string of the molecule is N#Cc1ccc(Oc2ccc(Oc3ccc4nccnc4n3)cc2)cc1. The lowest BCUT2D eigenvalue weighted by atomic mass is 10.2. The van der Waals surface area contributed by atoms with Crippen molar-refractivity contribution in [1.82, 2.24) is 15.0 Å². The van der Waals surface area contributed by atoms with Crippen molar-refractivity contribution in [2.45, 2.75) is 0 Å². The van der Waals surface area contributed by atoms with Crippen molar-refractivity contribution in [2.75, 3.05) is 0 Å². The van der Waals surface area contributed by atoms with Crippen molar-refractivity contribution in [2.24, 2.45) is 0 Å². The van der Waals surface area contributed by atoms with Gasteiger partial charge in [0.25, 0.3) is 0 Å². The van der Waals surface area contributed by atoms with E-state index in [-0.39, 0.29) is 0 Å². The molecular weight excluding hydrogens is 328 g/mol. The number of hydrogen-bond donors (Lipinski definition) is 0. The van der Waals surface area contributed by atoms with Gasteiger partial charge in [-0.25, -0.2) is 4.98 Å². The summed E-state index contributed by atoms with van der Waals surface area (Å²) in [7, 11) is 0. The van der Waals surface area contributed by atoms with Crippen molar-refractivity contribution in [3.05, 3.63) is 78.6 Å². The second-order valence-electron chi connectivity index (χ2n) is 5.36. The highest BCUT2D eigenvalue weighted by molar-refractivity contribution is 5.69. The van der Waals surface area contributed by atoms with Crippen LogP contribution in [0.5, 0.6) is 23.1 Å². The lowest BCUT2D eigenvalue weighted by Gasteiger charge is -2.08. The van der Waals surface area contributed by atoms with Crippen LogP contribution >= 0.6 is 0 Å². The zero-order valence-electron chi connectivity index (χ0n) is 13.5. The minimum atomic E-state index is 0.443. The zero-order valence-corrected chi connectivity index (χ0v) is 13.5. The number of nitriles is 1. The normalized spacial score (nSPS) is 10.3. The molecule has 4 aromatic rings. The number of hydrogen-bond acceptors (Lipinski definition) is 6. The third-order valence-electron chi connectivity index (χ3n) is 3.57. The smallest absolute Gasteiger partial charge is 0.221 e. The lowest BCUT2D eigenvalue weighted by molar-refractivity contribution is 0.458. The molecule has 4 rings (SSSR count). The maximum atomic E-state index is 8.81. The van der Waals surface area contributed by atoms with Crippen LogP contribution in [0.25, 0.3) is 11.2 Å². The molecule has 0 radical (unpaired) electrons. The second-order valence-corrected chi connectivity index (χ2v) is 5.36. The summed E-state index contributed by atoms with van der Waals surface area (Å²) in [5.74, 6) is 2.40. The summed E-state index contributed by atoms with van der Waals surface area (Å²) in [4.78, 5) is 12.7. The maximum absolute atomic E-state index is 8.81. The molecule has 0 fully saturated rings. The predicted molar refractivity (Wildman–Crippen MR) is 95.1 cm³/mol. The van der Waals surface area contributed by atoms with E-state index in [2.05, 4.69) is 21.0 Å². The standard InChI is InChI=1S/C20H12N4O2/c21-13-14-1-3-15(4-2-14)25-16-5-7-17(8-6-16)26-19-10-9-18-20(24-19)23-12-11-22-18/h1-12H. The summed E-state index contributed by atoms with van der Waals surface area (Å²) in [6.07, 6.45) is 3.21. The Morgan fingerprint density at radius 2 is 1.31 bits per heavy atom. The molecule has 0 aliphatic carbocycles. The highest BCUT2D eigenvalue weighted by Gasteiger charge is 2.04. The van der Waals surface area contributed by atoms with Crippen LogP contribution in [-0.4, -0.2) is 15.0 Å². The summed E-state index contributed by atoms with van der Waals surface area (Å²) in [5.41, 5.74) is 1.84. The largest absolute Gasteiger partial charge is 0.457 e. The third kappa shape index (κ3) is 3.42. The van der Waals surface area contributed by atoms with E-state index in [1.165, 1.54) is 0 Å². The highest BCUT2D eigenvalue weighted by atomic mass is 16.5. The minimum absolute atomic E-state index is 0.443. The van der Waals surface area contributed by atoms with Gasteiger partial charge in [0.1, 0.15) is 22.8 Å². The fourth-order valence-corrected chi connectivity index (χ4v) is 2.32. The van der Waals surface area contributed by atoms with Gasteiger partial charge in [0.2, 0.25) is 5.88 Å². The first-order valence-corrected chi connectivity index (χ1v) is 7.84. The molecule has 0 spiro atoms. The number of ether oxygens (including phenoxy) is 2. The van der Waals surface area contributed by atoms with E-state index in [0.29, 0.717) is 39.9 Å². The van der Waals surface area contributed by atoms with Crippen LogP contribution in [0.2, 0.25) is 0 Å². The predicted octanol–water partition coefficient (Wildman–Crippen LogP) is 4.48. The first-order chi connectivity index (χ1) is 12.8. The van der Waals surface area contributed by atoms with Crippen molar-refractivity contribution in [3.8, 4) is 29.2 Å². The number of rotatable bonds is 4. The van der Waals surface area contributed by atoms with Crippen molar-refractivity contribution in [3.63, 3.8) is 0 Å². The van der Waals surface area contributed by atoms with Gasteiger partial charge in [-0.05, 0) is 54.6 Å². The summed E-state index contributed by atoms with van der Waals surface area (Å²) in [5, 5.41) is 8.81. The monoisotopic (exact) mass is 340 g/mol. The second kappa shape index (κ2) is 6.87. The molecule has 0 saturated heterocycles. The van der Waals surface area contributed by atoms with Gasteiger partial charge in [0, 0.05) is 18.5 Å². The molecule has 6 heteroatoms. The van der Waals surface area contributed by atoms with Crippen LogP contribution < -0.4 is 9.47 Å². The molecule has 0 aliphatic rings. The fourth-order valence-electron chi connectivity index (χ4n) is 2.32. The Kier molecular flexibility index (Phi) is 4.11. The number of fused-ring (bicyclic) bond motifs is 1. The van der Waals surface area contributed by atoms with Crippen LogP contribution in [0.1, 0.15) is 5.56 Å². The number of aromatic nitrogens is 3. The third-order valence-corrected chi connectivity index (χ3v) is 3.57. The zero-order chi connectivity index (χ0) is 17.8. The van der Waals surface area contributed by atoms with Crippen molar-refractivity contribution in [1.29, 1.82) is 5.26 Å². The molecule has 0 atom stereocenters. The van der Waals surface area contributed by atoms with E-state index in [0.717, 1.165) is 0 Å². The molecule has 6 nitrogen and oxygen atoms in total. The van der Waals surface area contributed by atoms with Crippen LogP contribution in [0.15, 0.2) is 73.1 Å². The van der Waals surface area contributed by atoms with E-state index in [1.54, 1.807) is 67.0 Å². The minimum Gasteiger partial charge on any atom is -0.457 e. The molecule has 0 aliphatic heterocycles. The number of pyridine rings is 1. The van der Waals surface area contributed by atoms with E-state index in [4.69, 9.17) is 14.7 Å². The maximum Gasteiger partial charge on any atom is 0.221 e. The van der Waals surface area contributed by atoms with E-state index in [9.17, 15) is 0 Å². The summed E-state index contributed by atoms with van der Waals surface area (Å²) >= 11 is 0. The molecule has 0 amide bonds. The molecular formula is C20H12N4O2. The van der Waals surface area contributed by atoms with Gasteiger partial charge in [0.05, 0.1) is 11.6 Å². The number of nitrogens with zero attached hydrogens (tertiary/aromatic N) is 4. The fraction of sp³-hybridized carbons (Fsp3) is 0. The molecule has 2 aromatic carbocycles. The van der Waals surface area contributed by atoms with Crippen LogP contribution in [-0.2, 0) is 0 Å². The molecule has 0 saturated carbocycles. The highest BCUT2D eigenvalue weighted by Crippen LogP contribution is 2.26. The van der Waals surface area contributed by atoms with Gasteiger partial charge in [0.15, 0.2) is 5.65 Å². The average Bonchev–Trinajstić information content (AvgIpc) is 2.70. The summed E-state index contributed by atoms with van der Waals surface area (Å²) in [6.45, 7) is 0. The molecule has 124 valence electrons. The molecule has 2 aromatic heterocycles. The Labute approximate surface area is 149 Å². The van der Waals surface area contributed by atoms with Crippen LogP contribution in [0.3, 0.4) is 0 Å². The van der Waals surface area contributed by atoms with Crippen LogP contribution in [0, 0.1) is 11.3 Å². The lowest BCUT2D eigenvalue weighted by Crippen LogP contribution is -1.91. The molecule has 26 heavy (non-hydrogen) atoms. The Morgan fingerprint density at radius 1 is 0.692 bits per heavy atom. The molecule has 0 unspecified atom stereocenters. The first-order valence-electron chi connectivity index (χ1n) is 7.84. The summed E-state index contributed by atoms with van der Waals surface area (Å²) < 4.78 is 11.5. The van der Waals surface area contributed by atoms with Gasteiger partial charge < -0.3 is 9.47 Å². The first kappa shape index (κ1) is 15.5. The molecule has 2 heterocycles. The Balaban J connectivity index is 1.47. The van der Waals surface area contributed by atoms with Gasteiger partial charge in [-0.1, -0.05) is 0 Å². The Bertz CT molecular complexity index is 1090. The van der Waals surface area contributed by atoms with Crippen molar-refractivity contribution >= 4 is 11.2 Å². The molecule has 0 bridgehead atoms. The van der Waals surface area contributed by atoms with E-state index >= 15 is 0 Å². The van der Waals surface area contributed by atoms with Gasteiger partial charge in [-0.2, -0.15) is 10.2 Å². The quantitative estimate of drug-likeness (QED) is 0.545. The Hall–Kier alpha value is -3.98. The topological polar surface area (TPSA) is 80.9 Å². The van der Waals surface area contributed by atoms with E-state index in [1.807, 2.05) is 6.07 Å². The van der Waals surface area contributed by atoms with Crippen molar-refractivity contribution < 1.29 is 9.47 Å². The number of benzene rings is 2. The Morgan fingerprint density at radius 3 is 2.00 bits per heavy atom. The van der Waals surface area contributed by atoms with E-state index < -0.39 is 0 Å². The van der Waals surface area contributed by atoms with Gasteiger partial charge >= 0.3 is 0 Å².